The molecule has 3 aromatic rings. The van der Waals surface area contributed by atoms with Crippen LogP contribution in [0.4, 0.5) is 0 Å². The monoisotopic (exact) mass is 404 g/mol. The highest BCUT2D eigenvalue weighted by molar-refractivity contribution is 6.18. The number of alkyl halides is 1. The number of hydrogen-bond donors (Lipinski definition) is 0. The second kappa shape index (κ2) is 10.9. The van der Waals surface area contributed by atoms with Crippen LogP contribution in [0, 0.1) is 5.92 Å². The topological polar surface area (TPSA) is 9.23 Å². The average Bonchev–Trinajstić information content (AvgIpc) is 2.75. The molecule has 2 heteroatoms. The molecule has 0 amide bonds. The molecule has 150 valence electrons. The van der Waals surface area contributed by atoms with Gasteiger partial charge in [0.1, 0.15) is 5.75 Å². The van der Waals surface area contributed by atoms with Gasteiger partial charge in [-0.15, -0.1) is 11.6 Å². The molecule has 0 aliphatic carbocycles. The highest BCUT2D eigenvalue weighted by Crippen LogP contribution is 2.35. The first-order chi connectivity index (χ1) is 14.2. The molecule has 0 N–H and O–H groups in total. The second-order valence-electron chi connectivity index (χ2n) is 7.58. The van der Waals surface area contributed by atoms with E-state index in [0.29, 0.717) is 11.8 Å². The highest BCUT2D eigenvalue weighted by atomic mass is 35.5. The molecular weight excluding hydrogens is 376 g/mol. The van der Waals surface area contributed by atoms with Gasteiger partial charge in [-0.2, -0.15) is 0 Å². The van der Waals surface area contributed by atoms with E-state index in [1.54, 1.807) is 0 Å². The summed E-state index contributed by atoms with van der Waals surface area (Å²) in [5.74, 6) is 2.14. The Bertz CT molecular complexity index is 896. The first-order valence-corrected chi connectivity index (χ1v) is 10.9. The van der Waals surface area contributed by atoms with Crippen molar-refractivity contribution < 1.29 is 4.74 Å². The van der Waals surface area contributed by atoms with E-state index in [9.17, 15) is 0 Å². The Morgan fingerprint density at radius 3 is 1.86 bits per heavy atom. The lowest BCUT2D eigenvalue weighted by Crippen LogP contribution is -2.01. The molecule has 0 aliphatic heterocycles. The second-order valence-corrected chi connectivity index (χ2v) is 7.96. The summed E-state index contributed by atoms with van der Waals surface area (Å²) in [6.45, 7) is 5.18. The third kappa shape index (κ3) is 5.98. The summed E-state index contributed by atoms with van der Waals surface area (Å²) in [5, 5.41) is 0. The van der Waals surface area contributed by atoms with Gasteiger partial charge in [0.15, 0.2) is 0 Å². The average molecular weight is 405 g/mol. The molecule has 0 fully saturated rings. The van der Waals surface area contributed by atoms with Crippen LogP contribution < -0.4 is 4.74 Å². The smallest absolute Gasteiger partial charge is 0.119 e. The number of halogens is 1. The van der Waals surface area contributed by atoms with Gasteiger partial charge in [-0.3, -0.25) is 0 Å². The van der Waals surface area contributed by atoms with Crippen LogP contribution in [0.25, 0.3) is 11.1 Å². The standard InChI is InChI=1S/C27H29ClO/c1-21(2)18-20-29-25-15-13-24(14-16-25)27(23-11-7-4-8-12-23)26(17-19-28)22-9-5-3-6-10-22/h3-16,21H,17-20H2,1-2H3/b27-26-. The Morgan fingerprint density at radius 2 is 1.31 bits per heavy atom. The number of hydrogen-bond acceptors (Lipinski definition) is 1. The van der Waals surface area contributed by atoms with Crippen molar-refractivity contribution in [2.45, 2.75) is 26.7 Å². The van der Waals surface area contributed by atoms with Crippen molar-refractivity contribution in [2.75, 3.05) is 12.5 Å². The van der Waals surface area contributed by atoms with Crippen LogP contribution in [0.5, 0.6) is 5.75 Å². The fraction of sp³-hybridized carbons (Fsp3) is 0.259. The SMILES string of the molecule is CC(C)CCOc1ccc(/C(=C(/CCCl)c2ccccc2)c2ccccc2)cc1. The van der Waals surface area contributed by atoms with Crippen molar-refractivity contribution in [3.05, 3.63) is 102 Å². The molecule has 3 rings (SSSR count). The van der Waals surface area contributed by atoms with Crippen LogP contribution in [0.15, 0.2) is 84.9 Å². The Morgan fingerprint density at radius 1 is 0.759 bits per heavy atom. The first kappa shape index (κ1) is 21.2. The Labute approximate surface area is 180 Å². The zero-order valence-electron chi connectivity index (χ0n) is 17.3. The molecule has 0 aromatic heterocycles. The van der Waals surface area contributed by atoms with Crippen LogP contribution >= 0.6 is 11.6 Å². The molecule has 0 spiro atoms. The van der Waals surface area contributed by atoms with E-state index < -0.39 is 0 Å². The van der Waals surface area contributed by atoms with E-state index in [4.69, 9.17) is 16.3 Å². The maximum absolute atomic E-state index is 6.22. The third-order valence-corrected chi connectivity index (χ3v) is 5.13. The van der Waals surface area contributed by atoms with Crippen molar-refractivity contribution in [3.8, 4) is 5.75 Å². The fourth-order valence-corrected chi connectivity index (χ4v) is 3.59. The summed E-state index contributed by atoms with van der Waals surface area (Å²) < 4.78 is 5.91. The minimum Gasteiger partial charge on any atom is -0.494 e. The van der Waals surface area contributed by atoms with E-state index in [0.717, 1.165) is 25.2 Å². The first-order valence-electron chi connectivity index (χ1n) is 10.3. The van der Waals surface area contributed by atoms with Crippen LogP contribution in [0.2, 0.25) is 0 Å². The van der Waals surface area contributed by atoms with E-state index in [-0.39, 0.29) is 0 Å². The molecular formula is C27H29ClO. The minimum absolute atomic E-state index is 0.580. The molecule has 0 saturated carbocycles. The lowest BCUT2D eigenvalue weighted by Gasteiger charge is -2.17. The fourth-order valence-electron chi connectivity index (χ4n) is 3.40. The van der Waals surface area contributed by atoms with Crippen molar-refractivity contribution in [1.29, 1.82) is 0 Å². The molecule has 0 unspecified atom stereocenters. The van der Waals surface area contributed by atoms with E-state index in [1.807, 2.05) is 6.07 Å². The summed E-state index contributed by atoms with van der Waals surface area (Å²) in [4.78, 5) is 0. The van der Waals surface area contributed by atoms with Crippen molar-refractivity contribution >= 4 is 22.7 Å². The molecule has 0 aliphatic rings. The van der Waals surface area contributed by atoms with Gasteiger partial charge in [-0.05, 0) is 58.7 Å². The quantitative estimate of drug-likeness (QED) is 0.262. The Kier molecular flexibility index (Phi) is 7.95. The molecule has 1 nitrogen and oxygen atoms in total. The van der Waals surface area contributed by atoms with E-state index in [1.165, 1.54) is 27.8 Å². The maximum atomic E-state index is 6.22. The van der Waals surface area contributed by atoms with Crippen LogP contribution in [-0.4, -0.2) is 12.5 Å². The number of benzene rings is 3. The molecule has 29 heavy (non-hydrogen) atoms. The lowest BCUT2D eigenvalue weighted by atomic mass is 9.88. The van der Waals surface area contributed by atoms with Gasteiger partial charge in [0.05, 0.1) is 6.61 Å². The summed E-state index contributed by atoms with van der Waals surface area (Å²) in [6, 6.07) is 29.5. The largest absolute Gasteiger partial charge is 0.494 e. The van der Waals surface area contributed by atoms with Gasteiger partial charge in [-0.25, -0.2) is 0 Å². The predicted molar refractivity (Wildman–Crippen MR) is 126 cm³/mol. The van der Waals surface area contributed by atoms with E-state index >= 15 is 0 Å². The van der Waals surface area contributed by atoms with E-state index in [2.05, 4.69) is 92.7 Å². The van der Waals surface area contributed by atoms with Crippen LogP contribution in [-0.2, 0) is 0 Å². The molecule has 0 saturated heterocycles. The number of allylic oxidation sites excluding steroid dienone is 1. The Hall–Kier alpha value is -2.51. The maximum Gasteiger partial charge on any atom is 0.119 e. The molecule has 0 bridgehead atoms. The number of ether oxygens (including phenoxy) is 1. The van der Waals surface area contributed by atoms with Crippen molar-refractivity contribution in [2.24, 2.45) is 5.92 Å². The van der Waals surface area contributed by atoms with Gasteiger partial charge in [-0.1, -0.05) is 86.6 Å². The van der Waals surface area contributed by atoms with Crippen molar-refractivity contribution in [1.82, 2.24) is 0 Å². The molecule has 0 radical (unpaired) electrons. The summed E-state index contributed by atoms with van der Waals surface area (Å²) >= 11 is 6.22. The molecule has 0 atom stereocenters. The predicted octanol–water partition coefficient (Wildman–Crippen LogP) is 7.70. The summed E-state index contributed by atoms with van der Waals surface area (Å²) in [5.41, 5.74) is 6.08. The van der Waals surface area contributed by atoms with Crippen LogP contribution in [0.1, 0.15) is 43.4 Å². The lowest BCUT2D eigenvalue weighted by molar-refractivity contribution is 0.289. The molecule has 3 aromatic carbocycles. The van der Waals surface area contributed by atoms with Gasteiger partial charge in [0.25, 0.3) is 0 Å². The Balaban J connectivity index is 2.02. The van der Waals surface area contributed by atoms with Crippen LogP contribution in [0.3, 0.4) is 0 Å². The summed E-state index contributed by atoms with van der Waals surface area (Å²) in [7, 11) is 0. The zero-order chi connectivity index (χ0) is 20.5. The van der Waals surface area contributed by atoms with Gasteiger partial charge in [0.2, 0.25) is 0 Å². The normalized spacial score (nSPS) is 12.0. The third-order valence-electron chi connectivity index (χ3n) is 4.94. The summed E-state index contributed by atoms with van der Waals surface area (Å²) in [6.07, 6.45) is 1.87. The van der Waals surface area contributed by atoms with Crippen molar-refractivity contribution in [3.63, 3.8) is 0 Å². The zero-order valence-corrected chi connectivity index (χ0v) is 18.0. The minimum atomic E-state index is 0.580. The molecule has 0 heterocycles. The number of rotatable bonds is 9. The van der Waals surface area contributed by atoms with Gasteiger partial charge >= 0.3 is 0 Å². The highest BCUT2D eigenvalue weighted by Gasteiger charge is 2.14. The van der Waals surface area contributed by atoms with Gasteiger partial charge in [0, 0.05) is 5.88 Å². The van der Waals surface area contributed by atoms with Gasteiger partial charge < -0.3 is 4.74 Å².